The lowest BCUT2D eigenvalue weighted by Crippen LogP contribution is -2.52. The molecule has 2 N–H and O–H groups in total. The van der Waals surface area contributed by atoms with Gasteiger partial charge in [-0.2, -0.15) is 0 Å². The number of ether oxygens (including phenoxy) is 1. The van der Waals surface area contributed by atoms with Crippen LogP contribution in [0.2, 0.25) is 0 Å². The zero-order valence-corrected chi connectivity index (χ0v) is 19.9. The Labute approximate surface area is 193 Å². The maximum atomic E-state index is 12.7. The maximum absolute atomic E-state index is 12.7. The van der Waals surface area contributed by atoms with Gasteiger partial charge in [-0.1, -0.05) is 17.7 Å². The van der Waals surface area contributed by atoms with Crippen LogP contribution < -0.4 is 10.6 Å². The number of aryl methyl sites for hydroxylation is 1. The van der Waals surface area contributed by atoms with Gasteiger partial charge in [-0.05, 0) is 77.9 Å². The number of benzene rings is 2. The molecule has 1 aromatic heterocycles. The summed E-state index contributed by atoms with van der Waals surface area (Å²) in [5.41, 5.74) is 1.92. The van der Waals surface area contributed by atoms with Gasteiger partial charge in [-0.3, -0.25) is 4.79 Å². The van der Waals surface area contributed by atoms with Crippen molar-refractivity contribution >= 4 is 12.0 Å². The fourth-order valence-electron chi connectivity index (χ4n) is 2.95. The molecule has 174 valence electrons. The monoisotopic (exact) mass is 450 g/mol. The zero-order chi connectivity index (χ0) is 24.2. The Hall–Kier alpha value is -3.68. The van der Waals surface area contributed by atoms with Crippen LogP contribution in [0, 0.1) is 6.92 Å². The smallest absolute Gasteiger partial charge is 0.407 e. The molecule has 33 heavy (non-hydrogen) atoms. The Bertz CT molecular complexity index is 1110. The van der Waals surface area contributed by atoms with Crippen LogP contribution >= 0.6 is 0 Å². The van der Waals surface area contributed by atoms with Crippen molar-refractivity contribution in [3.05, 3.63) is 59.7 Å². The lowest BCUT2D eigenvalue weighted by Gasteiger charge is -2.27. The Morgan fingerprint density at radius 3 is 1.91 bits per heavy atom. The van der Waals surface area contributed by atoms with Gasteiger partial charge in [-0.15, -0.1) is 10.2 Å². The van der Waals surface area contributed by atoms with E-state index in [2.05, 4.69) is 20.8 Å². The van der Waals surface area contributed by atoms with Gasteiger partial charge in [-0.25, -0.2) is 4.79 Å². The highest BCUT2D eigenvalue weighted by atomic mass is 16.6. The predicted molar refractivity (Wildman–Crippen MR) is 126 cm³/mol. The van der Waals surface area contributed by atoms with Gasteiger partial charge in [0, 0.05) is 23.2 Å². The molecular weight excluding hydrogens is 420 g/mol. The standard InChI is InChI=1S/C25H30N4O4/c1-16-7-9-18(10-8-16)21-28-29-22(32-21)19-13-11-17(12-14-19)20(30)27-25(5,6)15-26-23(31)33-24(2,3)4/h7-14H,15H2,1-6H3,(H,26,31)(H,27,30). The highest BCUT2D eigenvalue weighted by Crippen LogP contribution is 2.24. The largest absolute Gasteiger partial charge is 0.444 e. The Morgan fingerprint density at radius 1 is 0.879 bits per heavy atom. The summed E-state index contributed by atoms with van der Waals surface area (Å²) in [7, 11) is 0. The summed E-state index contributed by atoms with van der Waals surface area (Å²) in [4.78, 5) is 24.6. The van der Waals surface area contributed by atoms with E-state index in [1.54, 1.807) is 45.0 Å². The molecule has 0 aliphatic rings. The number of hydrogen-bond donors (Lipinski definition) is 2. The van der Waals surface area contributed by atoms with E-state index >= 15 is 0 Å². The number of nitrogens with one attached hydrogen (secondary N) is 2. The predicted octanol–water partition coefficient (Wildman–Crippen LogP) is 4.75. The zero-order valence-electron chi connectivity index (χ0n) is 19.9. The van der Waals surface area contributed by atoms with Crippen LogP contribution in [0.4, 0.5) is 4.79 Å². The minimum atomic E-state index is -0.678. The van der Waals surface area contributed by atoms with E-state index in [0.717, 1.165) is 11.1 Å². The number of nitrogens with zero attached hydrogens (tertiary/aromatic N) is 2. The molecule has 0 unspecified atom stereocenters. The van der Waals surface area contributed by atoms with Crippen molar-refractivity contribution in [1.82, 2.24) is 20.8 Å². The fraction of sp³-hybridized carbons (Fsp3) is 0.360. The molecule has 2 amide bonds. The van der Waals surface area contributed by atoms with Crippen molar-refractivity contribution in [3.63, 3.8) is 0 Å². The highest BCUT2D eigenvalue weighted by molar-refractivity contribution is 5.95. The number of carbonyl (C=O) groups is 2. The maximum Gasteiger partial charge on any atom is 0.407 e. The quantitative estimate of drug-likeness (QED) is 0.562. The Kier molecular flexibility index (Phi) is 6.86. The summed E-state index contributed by atoms with van der Waals surface area (Å²) in [6.07, 6.45) is -0.529. The summed E-state index contributed by atoms with van der Waals surface area (Å²) in [6, 6.07) is 14.7. The molecule has 0 saturated carbocycles. The van der Waals surface area contributed by atoms with Crippen molar-refractivity contribution in [3.8, 4) is 22.9 Å². The fourth-order valence-corrected chi connectivity index (χ4v) is 2.95. The van der Waals surface area contributed by atoms with Crippen LogP contribution in [0.15, 0.2) is 52.9 Å². The second-order valence-electron chi connectivity index (χ2n) is 9.55. The Morgan fingerprint density at radius 2 is 1.39 bits per heavy atom. The third kappa shape index (κ3) is 6.90. The van der Waals surface area contributed by atoms with Gasteiger partial charge < -0.3 is 19.8 Å². The first-order valence-corrected chi connectivity index (χ1v) is 10.7. The number of rotatable bonds is 6. The summed E-state index contributed by atoms with van der Waals surface area (Å²) in [5, 5.41) is 13.8. The second-order valence-corrected chi connectivity index (χ2v) is 9.55. The second kappa shape index (κ2) is 9.44. The molecule has 0 fully saturated rings. The van der Waals surface area contributed by atoms with Gasteiger partial charge >= 0.3 is 6.09 Å². The van der Waals surface area contributed by atoms with E-state index < -0.39 is 17.2 Å². The average Bonchev–Trinajstić information content (AvgIpc) is 3.22. The van der Waals surface area contributed by atoms with E-state index in [1.807, 2.05) is 45.0 Å². The van der Waals surface area contributed by atoms with Crippen LogP contribution in [0.3, 0.4) is 0 Å². The average molecular weight is 451 g/mol. The molecule has 0 bridgehead atoms. The molecule has 0 aliphatic heterocycles. The van der Waals surface area contributed by atoms with Gasteiger partial charge in [0.15, 0.2) is 0 Å². The van der Waals surface area contributed by atoms with E-state index in [9.17, 15) is 9.59 Å². The van der Waals surface area contributed by atoms with Crippen molar-refractivity contribution in [2.24, 2.45) is 0 Å². The molecule has 8 nitrogen and oxygen atoms in total. The van der Waals surface area contributed by atoms with Gasteiger partial charge in [0.25, 0.3) is 5.91 Å². The van der Waals surface area contributed by atoms with E-state index in [0.29, 0.717) is 22.9 Å². The molecule has 0 spiro atoms. The SMILES string of the molecule is Cc1ccc(-c2nnc(-c3ccc(C(=O)NC(C)(C)CNC(=O)OC(C)(C)C)cc3)o2)cc1. The van der Waals surface area contributed by atoms with E-state index in [-0.39, 0.29) is 12.5 Å². The molecule has 0 aliphatic carbocycles. The van der Waals surface area contributed by atoms with Gasteiger partial charge in [0.05, 0.1) is 5.54 Å². The summed E-state index contributed by atoms with van der Waals surface area (Å²) >= 11 is 0. The number of aromatic nitrogens is 2. The van der Waals surface area contributed by atoms with Crippen molar-refractivity contribution in [2.45, 2.75) is 52.7 Å². The summed E-state index contributed by atoms with van der Waals surface area (Å²) in [5.74, 6) is 0.550. The molecule has 3 aromatic rings. The van der Waals surface area contributed by atoms with Crippen molar-refractivity contribution in [2.75, 3.05) is 6.54 Å². The number of carbonyl (C=O) groups excluding carboxylic acids is 2. The lowest BCUT2D eigenvalue weighted by molar-refractivity contribution is 0.0509. The first kappa shape index (κ1) is 24.0. The van der Waals surface area contributed by atoms with Gasteiger partial charge in [0.1, 0.15) is 5.60 Å². The third-order valence-corrected chi connectivity index (χ3v) is 4.64. The van der Waals surface area contributed by atoms with E-state index in [1.165, 1.54) is 0 Å². The molecule has 0 atom stereocenters. The topological polar surface area (TPSA) is 106 Å². The highest BCUT2D eigenvalue weighted by Gasteiger charge is 2.24. The first-order valence-electron chi connectivity index (χ1n) is 10.7. The number of amides is 2. The van der Waals surface area contributed by atoms with Crippen LogP contribution in [-0.4, -0.2) is 39.9 Å². The molecule has 2 aromatic carbocycles. The minimum Gasteiger partial charge on any atom is -0.444 e. The van der Waals surface area contributed by atoms with Crippen LogP contribution in [0.5, 0.6) is 0 Å². The molecule has 1 heterocycles. The number of hydrogen-bond acceptors (Lipinski definition) is 6. The van der Waals surface area contributed by atoms with Crippen LogP contribution in [0.1, 0.15) is 50.5 Å². The third-order valence-electron chi connectivity index (χ3n) is 4.64. The van der Waals surface area contributed by atoms with Crippen molar-refractivity contribution < 1.29 is 18.7 Å². The van der Waals surface area contributed by atoms with E-state index in [4.69, 9.17) is 9.15 Å². The van der Waals surface area contributed by atoms with Crippen LogP contribution in [-0.2, 0) is 4.74 Å². The molecular formula is C25H30N4O4. The number of alkyl carbamates (subject to hydrolysis) is 1. The lowest BCUT2D eigenvalue weighted by atomic mass is 10.0. The normalized spacial score (nSPS) is 11.7. The van der Waals surface area contributed by atoms with Crippen LogP contribution in [0.25, 0.3) is 22.9 Å². The van der Waals surface area contributed by atoms with Gasteiger partial charge in [0.2, 0.25) is 11.8 Å². The molecule has 8 heteroatoms. The van der Waals surface area contributed by atoms with Crippen molar-refractivity contribution in [1.29, 1.82) is 0 Å². The summed E-state index contributed by atoms with van der Waals surface area (Å²) in [6.45, 7) is 11.3. The summed E-state index contributed by atoms with van der Waals surface area (Å²) < 4.78 is 11.0. The minimum absolute atomic E-state index is 0.218. The molecule has 0 saturated heterocycles. The Balaban J connectivity index is 1.61. The molecule has 0 radical (unpaired) electrons. The first-order chi connectivity index (χ1) is 15.4. The molecule has 3 rings (SSSR count).